The van der Waals surface area contributed by atoms with Crippen LogP contribution in [0.4, 0.5) is 0 Å². The average molecular weight is 211 g/mol. The molecule has 0 bridgehead atoms. The molecule has 2 heteroatoms. The van der Waals surface area contributed by atoms with Crippen molar-refractivity contribution in [1.29, 1.82) is 0 Å². The van der Waals surface area contributed by atoms with E-state index in [1.165, 1.54) is 44.9 Å². The zero-order chi connectivity index (χ0) is 10.6. The lowest BCUT2D eigenvalue weighted by molar-refractivity contribution is -0.0683. The number of hydrogen-bond donors (Lipinski definition) is 1. The van der Waals surface area contributed by atoms with E-state index < -0.39 is 0 Å². The number of rotatable bonds is 6. The van der Waals surface area contributed by atoms with Crippen LogP contribution in [0.1, 0.15) is 58.3 Å². The summed E-state index contributed by atoms with van der Waals surface area (Å²) in [5.74, 6) is 0. The minimum Gasteiger partial charge on any atom is -0.374 e. The summed E-state index contributed by atoms with van der Waals surface area (Å²) in [4.78, 5) is 0. The first kappa shape index (κ1) is 11.4. The van der Waals surface area contributed by atoms with Gasteiger partial charge in [-0.05, 0) is 32.1 Å². The molecule has 2 aliphatic carbocycles. The highest BCUT2D eigenvalue weighted by atomic mass is 16.5. The topological polar surface area (TPSA) is 21.3 Å². The molecule has 2 fully saturated rings. The summed E-state index contributed by atoms with van der Waals surface area (Å²) in [5.41, 5.74) is 0.191. The van der Waals surface area contributed by atoms with E-state index in [2.05, 4.69) is 12.2 Å². The van der Waals surface area contributed by atoms with Gasteiger partial charge in [-0.15, -0.1) is 0 Å². The maximum atomic E-state index is 6.14. The van der Waals surface area contributed by atoms with E-state index in [0.29, 0.717) is 0 Å². The van der Waals surface area contributed by atoms with Crippen LogP contribution in [0.3, 0.4) is 0 Å². The van der Waals surface area contributed by atoms with E-state index in [1.807, 2.05) is 0 Å². The minimum absolute atomic E-state index is 0.191. The van der Waals surface area contributed by atoms with Gasteiger partial charge in [0.05, 0.1) is 5.60 Å². The molecule has 88 valence electrons. The van der Waals surface area contributed by atoms with Crippen LogP contribution in [-0.2, 0) is 4.74 Å². The number of nitrogens with one attached hydrogen (secondary N) is 1. The van der Waals surface area contributed by atoms with Crippen molar-refractivity contribution in [2.24, 2.45) is 0 Å². The third-order valence-electron chi connectivity index (χ3n) is 3.67. The van der Waals surface area contributed by atoms with Crippen molar-refractivity contribution in [2.75, 3.05) is 13.2 Å². The van der Waals surface area contributed by atoms with Crippen LogP contribution in [0, 0.1) is 0 Å². The molecule has 0 saturated heterocycles. The smallest absolute Gasteiger partial charge is 0.0806 e. The maximum Gasteiger partial charge on any atom is 0.0806 e. The van der Waals surface area contributed by atoms with Gasteiger partial charge in [0.25, 0.3) is 0 Å². The molecule has 0 aromatic carbocycles. The van der Waals surface area contributed by atoms with Crippen LogP contribution in [0.15, 0.2) is 0 Å². The fourth-order valence-electron chi connectivity index (χ4n) is 2.50. The van der Waals surface area contributed by atoms with Crippen molar-refractivity contribution in [3.63, 3.8) is 0 Å². The number of hydrogen-bond acceptors (Lipinski definition) is 2. The molecule has 0 radical (unpaired) electrons. The molecule has 0 aromatic heterocycles. The van der Waals surface area contributed by atoms with Crippen molar-refractivity contribution < 1.29 is 4.74 Å². The molecule has 0 amide bonds. The molecule has 0 atom stereocenters. The van der Waals surface area contributed by atoms with E-state index in [0.717, 1.165) is 25.6 Å². The summed E-state index contributed by atoms with van der Waals surface area (Å²) in [7, 11) is 0. The van der Waals surface area contributed by atoms with Gasteiger partial charge in [0.15, 0.2) is 0 Å². The van der Waals surface area contributed by atoms with E-state index in [1.54, 1.807) is 0 Å². The molecular weight excluding hydrogens is 186 g/mol. The largest absolute Gasteiger partial charge is 0.374 e. The first-order valence-electron chi connectivity index (χ1n) is 6.72. The Morgan fingerprint density at radius 3 is 2.53 bits per heavy atom. The lowest BCUT2D eigenvalue weighted by Crippen LogP contribution is -2.45. The summed E-state index contributed by atoms with van der Waals surface area (Å²) in [6, 6.07) is 0.814. The maximum absolute atomic E-state index is 6.14. The lowest BCUT2D eigenvalue weighted by atomic mass is 9.84. The Labute approximate surface area is 93.8 Å². The van der Waals surface area contributed by atoms with Crippen LogP contribution < -0.4 is 5.32 Å². The van der Waals surface area contributed by atoms with Crippen molar-refractivity contribution in [2.45, 2.75) is 69.9 Å². The fourth-order valence-corrected chi connectivity index (χ4v) is 2.50. The third-order valence-corrected chi connectivity index (χ3v) is 3.67. The summed E-state index contributed by atoms with van der Waals surface area (Å²) < 4.78 is 6.14. The number of ether oxygens (including phenoxy) is 1. The molecule has 2 rings (SSSR count). The lowest BCUT2D eigenvalue weighted by Gasteiger charge is -2.37. The standard InChI is InChI=1S/C13H25NO/c1-2-10-15-13(8-4-3-5-9-13)11-14-12-6-7-12/h12,14H,2-11H2,1H3. The predicted octanol–water partition coefficient (Wildman–Crippen LogP) is 2.87. The molecule has 2 aliphatic rings. The Kier molecular flexibility index (Phi) is 4.04. The van der Waals surface area contributed by atoms with Gasteiger partial charge >= 0.3 is 0 Å². The molecule has 1 N–H and O–H groups in total. The van der Waals surface area contributed by atoms with Crippen molar-refractivity contribution in [3.8, 4) is 0 Å². The van der Waals surface area contributed by atoms with Crippen molar-refractivity contribution in [1.82, 2.24) is 5.32 Å². The molecular formula is C13H25NO. The zero-order valence-corrected chi connectivity index (χ0v) is 10.1. The Balaban J connectivity index is 1.80. The summed E-state index contributed by atoms with van der Waals surface area (Å²) in [6.45, 7) is 4.23. The van der Waals surface area contributed by atoms with E-state index in [-0.39, 0.29) is 5.60 Å². The van der Waals surface area contributed by atoms with E-state index >= 15 is 0 Å². The SMILES string of the molecule is CCCOC1(CNC2CC2)CCCCC1. The molecule has 0 spiro atoms. The zero-order valence-electron chi connectivity index (χ0n) is 10.1. The van der Waals surface area contributed by atoms with Crippen LogP contribution >= 0.6 is 0 Å². The summed E-state index contributed by atoms with van der Waals surface area (Å²) in [6.07, 6.45) is 10.6. The predicted molar refractivity (Wildman–Crippen MR) is 63.1 cm³/mol. The van der Waals surface area contributed by atoms with Gasteiger partial charge in [-0.2, -0.15) is 0 Å². The van der Waals surface area contributed by atoms with Crippen LogP contribution in [0.5, 0.6) is 0 Å². The summed E-state index contributed by atoms with van der Waals surface area (Å²) in [5, 5.41) is 3.65. The second-order valence-electron chi connectivity index (χ2n) is 5.25. The normalized spacial score (nSPS) is 25.4. The second-order valence-corrected chi connectivity index (χ2v) is 5.25. The van der Waals surface area contributed by atoms with Gasteiger partial charge in [-0.25, -0.2) is 0 Å². The molecule has 0 aliphatic heterocycles. The van der Waals surface area contributed by atoms with Crippen LogP contribution in [0.25, 0.3) is 0 Å². The van der Waals surface area contributed by atoms with E-state index in [4.69, 9.17) is 4.74 Å². The van der Waals surface area contributed by atoms with Gasteiger partial charge in [-0.3, -0.25) is 0 Å². The highest BCUT2D eigenvalue weighted by Crippen LogP contribution is 2.32. The minimum atomic E-state index is 0.191. The highest BCUT2D eigenvalue weighted by molar-refractivity contribution is 4.90. The average Bonchev–Trinajstić information content (AvgIpc) is 3.09. The van der Waals surface area contributed by atoms with Gasteiger partial charge in [0.1, 0.15) is 0 Å². The highest BCUT2D eigenvalue weighted by Gasteiger charge is 2.34. The van der Waals surface area contributed by atoms with Crippen LogP contribution in [0.2, 0.25) is 0 Å². The first-order chi connectivity index (χ1) is 7.35. The molecule has 0 aromatic rings. The quantitative estimate of drug-likeness (QED) is 0.729. The molecule has 0 heterocycles. The monoisotopic (exact) mass is 211 g/mol. The van der Waals surface area contributed by atoms with Crippen molar-refractivity contribution >= 4 is 0 Å². The van der Waals surface area contributed by atoms with Gasteiger partial charge in [0.2, 0.25) is 0 Å². The van der Waals surface area contributed by atoms with Gasteiger partial charge < -0.3 is 10.1 Å². The molecule has 0 unspecified atom stereocenters. The second kappa shape index (κ2) is 5.31. The molecule has 2 saturated carbocycles. The third kappa shape index (κ3) is 3.46. The Bertz CT molecular complexity index is 183. The molecule has 15 heavy (non-hydrogen) atoms. The van der Waals surface area contributed by atoms with Crippen LogP contribution in [-0.4, -0.2) is 24.8 Å². The Morgan fingerprint density at radius 1 is 1.20 bits per heavy atom. The fraction of sp³-hybridized carbons (Fsp3) is 1.00. The van der Waals surface area contributed by atoms with Gasteiger partial charge in [0, 0.05) is 19.2 Å². The van der Waals surface area contributed by atoms with Crippen molar-refractivity contribution in [3.05, 3.63) is 0 Å². The summed E-state index contributed by atoms with van der Waals surface area (Å²) >= 11 is 0. The van der Waals surface area contributed by atoms with E-state index in [9.17, 15) is 0 Å². The van der Waals surface area contributed by atoms with Gasteiger partial charge in [-0.1, -0.05) is 26.2 Å². The Morgan fingerprint density at radius 2 is 1.93 bits per heavy atom. The molecule has 2 nitrogen and oxygen atoms in total. The Hall–Kier alpha value is -0.0800. The first-order valence-corrected chi connectivity index (χ1v) is 6.72.